The first-order valence-electron chi connectivity index (χ1n) is 10.7. The van der Waals surface area contributed by atoms with Crippen LogP contribution in [0.4, 0.5) is 11.4 Å². The van der Waals surface area contributed by atoms with Crippen molar-refractivity contribution in [1.82, 2.24) is 14.9 Å². The van der Waals surface area contributed by atoms with E-state index in [2.05, 4.69) is 68.4 Å². The minimum absolute atomic E-state index is 0.543. The fraction of sp³-hybridized carbons (Fsp3) is 0.435. The largest absolute Gasteiger partial charge is 0.365 e. The Morgan fingerprint density at radius 1 is 1.07 bits per heavy atom. The topological polar surface area (TPSA) is 63.1 Å². The quantitative estimate of drug-likeness (QED) is 0.628. The Morgan fingerprint density at radius 2 is 1.86 bits per heavy atom. The second-order valence-electron chi connectivity index (χ2n) is 9.10. The lowest BCUT2D eigenvalue weighted by atomic mass is 9.60. The lowest BCUT2D eigenvalue weighted by molar-refractivity contribution is 0.0591. The SMILES string of the molecule is Cn1cc(N2CN(C3CC4(CCNCC4)C3)c3c[nH]cc3C2=N)c2ccccc21. The fourth-order valence-corrected chi connectivity index (χ4v) is 5.80. The van der Waals surface area contributed by atoms with Crippen LogP contribution in [0.15, 0.2) is 42.9 Å². The van der Waals surface area contributed by atoms with Gasteiger partial charge in [0.05, 0.1) is 23.6 Å². The van der Waals surface area contributed by atoms with Crippen LogP contribution in [0.5, 0.6) is 0 Å². The number of amidine groups is 1. The van der Waals surface area contributed by atoms with Crippen molar-refractivity contribution in [3.05, 3.63) is 48.4 Å². The van der Waals surface area contributed by atoms with Gasteiger partial charge in [-0.05, 0) is 50.3 Å². The molecule has 2 fully saturated rings. The van der Waals surface area contributed by atoms with Crippen molar-refractivity contribution in [2.75, 3.05) is 29.6 Å². The monoisotopic (exact) mass is 388 g/mol. The Labute approximate surface area is 171 Å². The maximum Gasteiger partial charge on any atom is 0.137 e. The molecule has 1 spiro atoms. The van der Waals surface area contributed by atoms with Gasteiger partial charge in [-0.1, -0.05) is 18.2 Å². The van der Waals surface area contributed by atoms with Gasteiger partial charge in [-0.3, -0.25) is 5.41 Å². The maximum absolute atomic E-state index is 8.92. The molecular weight excluding hydrogens is 360 g/mol. The van der Waals surface area contributed by atoms with E-state index in [1.807, 2.05) is 6.20 Å². The summed E-state index contributed by atoms with van der Waals surface area (Å²) in [5.74, 6) is 0.588. The number of aromatic amines is 1. The van der Waals surface area contributed by atoms with Gasteiger partial charge >= 0.3 is 0 Å². The zero-order valence-electron chi connectivity index (χ0n) is 16.9. The summed E-state index contributed by atoms with van der Waals surface area (Å²) >= 11 is 0. The highest BCUT2D eigenvalue weighted by atomic mass is 15.4. The molecule has 6 nitrogen and oxygen atoms in total. The molecule has 0 amide bonds. The number of nitrogens with zero attached hydrogens (tertiary/aromatic N) is 3. The normalized spacial score (nSPS) is 21.6. The molecule has 4 heterocycles. The Balaban J connectivity index is 1.36. The molecule has 150 valence electrons. The van der Waals surface area contributed by atoms with Crippen molar-refractivity contribution in [2.45, 2.75) is 31.7 Å². The average molecular weight is 389 g/mol. The maximum atomic E-state index is 8.92. The summed E-state index contributed by atoms with van der Waals surface area (Å²) in [7, 11) is 2.09. The fourth-order valence-electron chi connectivity index (χ4n) is 5.80. The first kappa shape index (κ1) is 17.2. The summed E-state index contributed by atoms with van der Waals surface area (Å²) in [6.07, 6.45) is 11.4. The van der Waals surface area contributed by atoms with Crippen LogP contribution in [-0.4, -0.2) is 41.2 Å². The number of H-pyrrole nitrogens is 1. The summed E-state index contributed by atoms with van der Waals surface area (Å²) in [6, 6.07) is 9.05. The highest BCUT2D eigenvalue weighted by Crippen LogP contribution is 2.51. The summed E-state index contributed by atoms with van der Waals surface area (Å²) in [5.41, 5.74) is 5.08. The summed E-state index contributed by atoms with van der Waals surface area (Å²) in [5, 5.41) is 13.6. The Morgan fingerprint density at radius 3 is 2.69 bits per heavy atom. The van der Waals surface area contributed by atoms with E-state index in [0.717, 1.165) is 31.0 Å². The van der Waals surface area contributed by atoms with Crippen LogP contribution >= 0.6 is 0 Å². The second-order valence-corrected chi connectivity index (χ2v) is 9.10. The van der Waals surface area contributed by atoms with Crippen molar-refractivity contribution >= 4 is 28.1 Å². The van der Waals surface area contributed by atoms with Crippen molar-refractivity contribution in [3.63, 3.8) is 0 Å². The molecule has 0 atom stereocenters. The van der Waals surface area contributed by atoms with Crippen molar-refractivity contribution in [2.24, 2.45) is 12.5 Å². The minimum Gasteiger partial charge on any atom is -0.365 e. The summed E-state index contributed by atoms with van der Waals surface area (Å²) in [6.45, 7) is 3.07. The molecule has 2 aliphatic heterocycles. The van der Waals surface area contributed by atoms with E-state index >= 15 is 0 Å². The van der Waals surface area contributed by atoms with Crippen LogP contribution < -0.4 is 15.1 Å². The number of rotatable bonds is 2. The molecule has 1 aromatic carbocycles. The van der Waals surface area contributed by atoms with E-state index in [1.54, 1.807) is 0 Å². The third-order valence-corrected chi connectivity index (χ3v) is 7.46. The number of hydrogen-bond donors (Lipinski definition) is 3. The number of piperidine rings is 1. The molecule has 29 heavy (non-hydrogen) atoms. The molecule has 2 aromatic heterocycles. The first-order valence-corrected chi connectivity index (χ1v) is 10.7. The molecule has 6 heteroatoms. The Bertz CT molecular complexity index is 1080. The number of hydrogen-bond acceptors (Lipinski definition) is 3. The van der Waals surface area contributed by atoms with Crippen LogP contribution in [0.3, 0.4) is 0 Å². The van der Waals surface area contributed by atoms with Gasteiger partial charge in [-0.2, -0.15) is 0 Å². The van der Waals surface area contributed by atoms with Gasteiger partial charge in [-0.25, -0.2) is 0 Å². The predicted molar refractivity (Wildman–Crippen MR) is 118 cm³/mol. The third-order valence-electron chi connectivity index (χ3n) is 7.46. The number of aryl methyl sites for hydroxylation is 1. The van der Waals surface area contributed by atoms with Crippen LogP contribution in [0, 0.1) is 10.8 Å². The summed E-state index contributed by atoms with van der Waals surface area (Å²) < 4.78 is 2.17. The molecular formula is C23H28N6. The van der Waals surface area contributed by atoms with E-state index in [9.17, 15) is 0 Å². The van der Waals surface area contributed by atoms with E-state index < -0.39 is 0 Å². The number of para-hydroxylation sites is 1. The van der Waals surface area contributed by atoms with Gasteiger partial charge in [0.2, 0.25) is 0 Å². The van der Waals surface area contributed by atoms with Gasteiger partial charge in [0.25, 0.3) is 0 Å². The standard InChI is InChI=1S/C23H28N6/c1-27-14-21(17-4-2-3-5-19(17)27)29-15-28(20-13-26-12-18(20)22(29)24)16-10-23(11-16)6-8-25-9-7-23/h2-5,12-14,16,24-26H,6-11,15H2,1H3. The average Bonchev–Trinajstić information content (AvgIpc) is 3.34. The van der Waals surface area contributed by atoms with Gasteiger partial charge in [0.1, 0.15) is 5.84 Å². The van der Waals surface area contributed by atoms with E-state index in [4.69, 9.17) is 5.41 Å². The highest BCUT2D eigenvalue weighted by Gasteiger charge is 2.48. The van der Waals surface area contributed by atoms with E-state index in [1.165, 1.54) is 42.3 Å². The van der Waals surface area contributed by atoms with Crippen molar-refractivity contribution < 1.29 is 0 Å². The number of benzene rings is 1. The number of anilines is 2. The van der Waals surface area contributed by atoms with Crippen molar-refractivity contribution in [3.8, 4) is 0 Å². The zero-order chi connectivity index (χ0) is 19.6. The Hall–Kier alpha value is -2.73. The smallest absolute Gasteiger partial charge is 0.137 e. The molecule has 3 aromatic rings. The number of fused-ring (bicyclic) bond motifs is 2. The van der Waals surface area contributed by atoms with Crippen LogP contribution in [-0.2, 0) is 7.05 Å². The third kappa shape index (κ3) is 2.48. The zero-order valence-corrected chi connectivity index (χ0v) is 16.9. The second kappa shape index (κ2) is 6.13. The van der Waals surface area contributed by atoms with Crippen LogP contribution in [0.2, 0.25) is 0 Å². The molecule has 3 aliphatic rings. The van der Waals surface area contributed by atoms with Crippen molar-refractivity contribution in [1.29, 1.82) is 5.41 Å². The predicted octanol–water partition coefficient (Wildman–Crippen LogP) is 3.65. The first-order chi connectivity index (χ1) is 14.2. The van der Waals surface area contributed by atoms with Gasteiger partial charge < -0.3 is 24.7 Å². The highest BCUT2D eigenvalue weighted by molar-refractivity contribution is 6.16. The molecule has 6 rings (SSSR count). The molecule has 0 radical (unpaired) electrons. The molecule has 0 unspecified atom stereocenters. The molecule has 1 saturated carbocycles. The lowest BCUT2D eigenvalue weighted by Crippen LogP contribution is -2.59. The molecule has 0 bridgehead atoms. The minimum atomic E-state index is 0.543. The van der Waals surface area contributed by atoms with Gasteiger partial charge in [0.15, 0.2) is 0 Å². The van der Waals surface area contributed by atoms with Crippen LogP contribution in [0.1, 0.15) is 31.2 Å². The van der Waals surface area contributed by atoms with Gasteiger partial charge in [-0.15, -0.1) is 0 Å². The molecule has 1 saturated heterocycles. The van der Waals surface area contributed by atoms with Crippen LogP contribution in [0.25, 0.3) is 10.9 Å². The number of aromatic nitrogens is 2. The molecule has 1 aliphatic carbocycles. The molecule has 3 N–H and O–H groups in total. The Kier molecular flexibility index (Phi) is 3.63. The van der Waals surface area contributed by atoms with E-state index in [0.29, 0.717) is 17.3 Å². The van der Waals surface area contributed by atoms with Gasteiger partial charge in [0, 0.05) is 42.6 Å². The summed E-state index contributed by atoms with van der Waals surface area (Å²) in [4.78, 5) is 7.99. The number of nitrogens with one attached hydrogen (secondary N) is 3. The van der Waals surface area contributed by atoms with E-state index in [-0.39, 0.29) is 0 Å². The lowest BCUT2D eigenvalue weighted by Gasteiger charge is -2.56.